The van der Waals surface area contributed by atoms with Gasteiger partial charge in [-0.05, 0) is 11.8 Å². The van der Waals surface area contributed by atoms with Crippen LogP contribution in [0.15, 0.2) is 0 Å². The molecule has 0 N–H and O–H groups in total. The summed E-state index contributed by atoms with van der Waals surface area (Å²) in [5.74, 6) is 0. The normalized spacial score (nSPS) is 30.7. The molecule has 4 heteroatoms. The van der Waals surface area contributed by atoms with Gasteiger partial charge >= 0.3 is 0 Å². The predicted octanol–water partition coefficient (Wildman–Crippen LogP) is 0.445. The molecule has 0 unspecified atom stereocenters. The SMILES string of the molecule is CO[C@@H]1CN(Cl)CCO1. The monoisotopic (exact) mass is 151 g/mol. The van der Waals surface area contributed by atoms with Crippen LogP contribution in [0.1, 0.15) is 0 Å². The van der Waals surface area contributed by atoms with Gasteiger partial charge in [-0.2, -0.15) is 0 Å². The zero-order chi connectivity index (χ0) is 6.69. The molecule has 54 valence electrons. The van der Waals surface area contributed by atoms with Crippen LogP contribution < -0.4 is 0 Å². The van der Waals surface area contributed by atoms with Gasteiger partial charge < -0.3 is 9.47 Å². The number of nitrogens with zero attached hydrogens (tertiary/aromatic N) is 1. The summed E-state index contributed by atoms with van der Waals surface area (Å²) in [4.78, 5) is 0. The van der Waals surface area contributed by atoms with Gasteiger partial charge in [0.15, 0.2) is 6.29 Å². The fourth-order valence-corrected chi connectivity index (χ4v) is 0.913. The summed E-state index contributed by atoms with van der Waals surface area (Å²) in [6, 6.07) is 0. The van der Waals surface area contributed by atoms with Crippen molar-refractivity contribution in [1.29, 1.82) is 0 Å². The molecule has 3 nitrogen and oxygen atoms in total. The van der Waals surface area contributed by atoms with Crippen LogP contribution in [0.5, 0.6) is 0 Å². The van der Waals surface area contributed by atoms with E-state index in [9.17, 15) is 0 Å². The first kappa shape index (κ1) is 7.28. The molecule has 1 heterocycles. The highest BCUT2D eigenvalue weighted by Crippen LogP contribution is 2.06. The van der Waals surface area contributed by atoms with Crippen molar-refractivity contribution >= 4 is 11.8 Å². The van der Waals surface area contributed by atoms with Crippen LogP contribution in [-0.4, -0.2) is 37.5 Å². The van der Waals surface area contributed by atoms with E-state index in [4.69, 9.17) is 21.3 Å². The topological polar surface area (TPSA) is 21.7 Å². The molecule has 0 spiro atoms. The van der Waals surface area contributed by atoms with Crippen LogP contribution in [0.3, 0.4) is 0 Å². The third kappa shape index (κ3) is 2.10. The van der Waals surface area contributed by atoms with Crippen molar-refractivity contribution in [2.45, 2.75) is 6.29 Å². The number of halogens is 1. The summed E-state index contributed by atoms with van der Waals surface area (Å²) < 4.78 is 11.7. The molecular formula is C5H10ClNO2. The Morgan fingerprint density at radius 2 is 2.56 bits per heavy atom. The molecule has 0 aliphatic carbocycles. The zero-order valence-corrected chi connectivity index (χ0v) is 6.10. The van der Waals surface area contributed by atoms with Crippen LogP contribution in [0.4, 0.5) is 0 Å². The molecule has 0 aromatic carbocycles. The first-order valence-corrected chi connectivity index (χ1v) is 3.22. The number of methoxy groups -OCH3 is 1. The Kier molecular flexibility index (Phi) is 2.72. The lowest BCUT2D eigenvalue weighted by Crippen LogP contribution is -2.37. The lowest BCUT2D eigenvalue weighted by molar-refractivity contribution is -0.151. The van der Waals surface area contributed by atoms with Crippen molar-refractivity contribution in [2.24, 2.45) is 0 Å². The molecule has 1 aliphatic rings. The van der Waals surface area contributed by atoms with Crippen molar-refractivity contribution < 1.29 is 9.47 Å². The maximum absolute atomic E-state index is 5.66. The minimum Gasteiger partial charge on any atom is -0.354 e. The molecule has 1 aliphatic heterocycles. The molecule has 0 saturated carbocycles. The van der Waals surface area contributed by atoms with Gasteiger partial charge in [-0.25, -0.2) is 4.42 Å². The summed E-state index contributed by atoms with van der Waals surface area (Å²) in [5, 5.41) is 0. The highest BCUT2D eigenvalue weighted by Gasteiger charge is 2.17. The van der Waals surface area contributed by atoms with Gasteiger partial charge in [-0.1, -0.05) is 0 Å². The zero-order valence-electron chi connectivity index (χ0n) is 5.34. The average Bonchev–Trinajstić information content (AvgIpc) is 1.88. The van der Waals surface area contributed by atoms with Gasteiger partial charge in [0.05, 0.1) is 13.2 Å². The van der Waals surface area contributed by atoms with E-state index in [1.807, 2.05) is 0 Å². The molecule has 0 amide bonds. The van der Waals surface area contributed by atoms with Crippen LogP contribution in [-0.2, 0) is 9.47 Å². The van der Waals surface area contributed by atoms with Crippen LogP contribution in [0.25, 0.3) is 0 Å². The second kappa shape index (κ2) is 3.37. The lowest BCUT2D eigenvalue weighted by Gasteiger charge is -2.26. The minimum atomic E-state index is -0.142. The molecule has 1 saturated heterocycles. The molecule has 1 rings (SSSR count). The summed E-state index contributed by atoms with van der Waals surface area (Å²) in [6.07, 6.45) is -0.142. The van der Waals surface area contributed by atoms with Crippen molar-refractivity contribution in [1.82, 2.24) is 4.42 Å². The summed E-state index contributed by atoms with van der Waals surface area (Å²) in [6.45, 7) is 2.08. The van der Waals surface area contributed by atoms with Gasteiger partial charge in [0.2, 0.25) is 0 Å². The van der Waals surface area contributed by atoms with Gasteiger partial charge in [0.25, 0.3) is 0 Å². The van der Waals surface area contributed by atoms with E-state index in [2.05, 4.69) is 0 Å². The Morgan fingerprint density at radius 1 is 1.78 bits per heavy atom. The van der Waals surface area contributed by atoms with E-state index < -0.39 is 0 Å². The van der Waals surface area contributed by atoms with E-state index in [-0.39, 0.29) is 6.29 Å². The number of morpholine rings is 1. The Bertz CT molecular complexity index is 91.0. The fraction of sp³-hybridized carbons (Fsp3) is 1.00. The summed E-state index contributed by atoms with van der Waals surface area (Å²) in [7, 11) is 1.61. The largest absolute Gasteiger partial charge is 0.354 e. The average molecular weight is 152 g/mol. The van der Waals surface area contributed by atoms with Crippen molar-refractivity contribution in [3.63, 3.8) is 0 Å². The lowest BCUT2D eigenvalue weighted by atomic mass is 10.5. The third-order valence-electron chi connectivity index (χ3n) is 1.25. The van der Waals surface area contributed by atoms with E-state index in [1.165, 1.54) is 0 Å². The summed E-state index contributed by atoms with van der Waals surface area (Å²) >= 11 is 5.66. The highest BCUT2D eigenvalue weighted by molar-refractivity contribution is 6.13. The highest BCUT2D eigenvalue weighted by atomic mass is 35.5. The van der Waals surface area contributed by atoms with Crippen molar-refractivity contribution in [3.05, 3.63) is 0 Å². The van der Waals surface area contributed by atoms with Gasteiger partial charge in [0.1, 0.15) is 0 Å². The third-order valence-corrected chi connectivity index (χ3v) is 1.55. The molecule has 0 radical (unpaired) electrons. The maximum atomic E-state index is 5.66. The number of hydrogen-bond donors (Lipinski definition) is 0. The maximum Gasteiger partial charge on any atom is 0.171 e. The van der Waals surface area contributed by atoms with E-state index in [1.54, 1.807) is 11.5 Å². The van der Waals surface area contributed by atoms with Crippen molar-refractivity contribution in [2.75, 3.05) is 26.8 Å². The Hall–Kier alpha value is 0.170. The minimum absolute atomic E-state index is 0.142. The van der Waals surface area contributed by atoms with Crippen LogP contribution in [0, 0.1) is 0 Å². The van der Waals surface area contributed by atoms with Crippen LogP contribution >= 0.6 is 11.8 Å². The first-order chi connectivity index (χ1) is 4.33. The second-order valence-corrected chi connectivity index (χ2v) is 2.38. The second-order valence-electron chi connectivity index (χ2n) is 1.90. The quantitative estimate of drug-likeness (QED) is 0.508. The van der Waals surface area contributed by atoms with Gasteiger partial charge in [-0.3, -0.25) is 0 Å². The van der Waals surface area contributed by atoms with Crippen molar-refractivity contribution in [3.8, 4) is 0 Å². The molecule has 0 aromatic rings. The number of rotatable bonds is 1. The Labute approximate surface area is 59.6 Å². The molecular weight excluding hydrogens is 142 g/mol. The fourth-order valence-electron chi connectivity index (χ4n) is 0.732. The first-order valence-electron chi connectivity index (χ1n) is 2.88. The van der Waals surface area contributed by atoms with Crippen LogP contribution in [0.2, 0.25) is 0 Å². The molecule has 0 aromatic heterocycles. The molecule has 0 bridgehead atoms. The molecule has 1 fully saturated rings. The predicted molar refractivity (Wildman–Crippen MR) is 34.2 cm³/mol. The molecule has 9 heavy (non-hydrogen) atoms. The standard InChI is InChI=1S/C5H10ClNO2/c1-8-5-4-7(6)2-3-9-5/h5H,2-4H2,1H3/t5-/m0/s1. The van der Waals surface area contributed by atoms with E-state index >= 15 is 0 Å². The Balaban J connectivity index is 2.23. The van der Waals surface area contributed by atoms with Gasteiger partial charge in [0, 0.05) is 13.7 Å². The number of hydrogen-bond acceptors (Lipinski definition) is 3. The summed E-state index contributed by atoms with van der Waals surface area (Å²) in [5.41, 5.74) is 0. The smallest absolute Gasteiger partial charge is 0.171 e. The van der Waals surface area contributed by atoms with E-state index in [0.29, 0.717) is 13.2 Å². The Morgan fingerprint density at radius 3 is 3.00 bits per heavy atom. The van der Waals surface area contributed by atoms with Gasteiger partial charge in [-0.15, -0.1) is 0 Å². The van der Waals surface area contributed by atoms with E-state index in [0.717, 1.165) is 6.54 Å². The number of ether oxygens (including phenoxy) is 2. The molecule has 1 atom stereocenters.